The molecule has 1 amide bonds. The third kappa shape index (κ3) is 5.46. The van der Waals surface area contributed by atoms with Crippen molar-refractivity contribution >= 4 is 15.9 Å². The lowest BCUT2D eigenvalue weighted by Gasteiger charge is -2.27. The molecule has 0 aliphatic carbocycles. The number of benzene rings is 2. The summed E-state index contributed by atoms with van der Waals surface area (Å²) in [6, 6.07) is 14.9. The van der Waals surface area contributed by atoms with Gasteiger partial charge in [-0.1, -0.05) is 42.0 Å². The molecule has 2 aromatic carbocycles. The summed E-state index contributed by atoms with van der Waals surface area (Å²) in [5.41, 5.74) is 1.91. The first-order valence-electron chi connectivity index (χ1n) is 8.97. The number of fused-ring (bicyclic) bond motifs is 1. The average molecular weight is 404 g/mol. The topological polar surface area (TPSA) is 84.9 Å². The normalized spacial score (nSPS) is 16.0. The van der Waals surface area contributed by atoms with E-state index in [-0.39, 0.29) is 31.6 Å². The van der Waals surface area contributed by atoms with Crippen LogP contribution >= 0.6 is 0 Å². The van der Waals surface area contributed by atoms with Gasteiger partial charge >= 0.3 is 0 Å². The molecule has 150 valence electrons. The second-order valence-corrected chi connectivity index (χ2v) is 8.80. The Bertz CT molecular complexity index is 928. The maximum absolute atomic E-state index is 12.3. The lowest BCUT2D eigenvalue weighted by atomic mass is 10.1. The lowest BCUT2D eigenvalue weighted by Crippen LogP contribution is -2.45. The summed E-state index contributed by atoms with van der Waals surface area (Å²) < 4.78 is 36.7. The van der Waals surface area contributed by atoms with E-state index in [0.717, 1.165) is 21.7 Å². The molecule has 7 nitrogen and oxygen atoms in total. The van der Waals surface area contributed by atoms with Crippen LogP contribution in [0.15, 0.2) is 48.5 Å². The average Bonchev–Trinajstić information content (AvgIpc) is 2.66. The van der Waals surface area contributed by atoms with Gasteiger partial charge < -0.3 is 14.8 Å². The first kappa shape index (κ1) is 20.2. The number of aryl methyl sites for hydroxylation is 1. The number of hydrogen-bond acceptors (Lipinski definition) is 5. The van der Waals surface area contributed by atoms with Crippen molar-refractivity contribution in [3.63, 3.8) is 0 Å². The van der Waals surface area contributed by atoms with E-state index >= 15 is 0 Å². The van der Waals surface area contributed by atoms with Crippen molar-refractivity contribution in [3.05, 3.63) is 59.7 Å². The number of ether oxygens (including phenoxy) is 2. The van der Waals surface area contributed by atoms with Gasteiger partial charge in [0.05, 0.1) is 19.3 Å². The highest BCUT2D eigenvalue weighted by Gasteiger charge is 2.23. The molecule has 0 bridgehead atoms. The van der Waals surface area contributed by atoms with E-state index in [0.29, 0.717) is 18.1 Å². The van der Waals surface area contributed by atoms with Gasteiger partial charge in [0.25, 0.3) is 0 Å². The molecule has 1 heterocycles. The lowest BCUT2D eigenvalue weighted by molar-refractivity contribution is -0.121. The van der Waals surface area contributed by atoms with E-state index in [1.807, 2.05) is 49.4 Å². The molecule has 1 unspecified atom stereocenters. The van der Waals surface area contributed by atoms with Gasteiger partial charge in [-0.2, -0.15) is 4.31 Å². The van der Waals surface area contributed by atoms with E-state index in [4.69, 9.17) is 9.47 Å². The highest BCUT2D eigenvalue weighted by atomic mass is 32.2. The predicted octanol–water partition coefficient (Wildman–Crippen LogP) is 1.71. The zero-order valence-corrected chi connectivity index (χ0v) is 16.7. The van der Waals surface area contributed by atoms with Crippen LogP contribution in [0.3, 0.4) is 0 Å². The first-order chi connectivity index (χ1) is 13.3. The summed E-state index contributed by atoms with van der Waals surface area (Å²) >= 11 is 0. The molecule has 0 spiro atoms. The van der Waals surface area contributed by atoms with Crippen molar-refractivity contribution in [2.75, 3.05) is 26.0 Å². The summed E-state index contributed by atoms with van der Waals surface area (Å²) in [6.45, 7) is 2.40. The van der Waals surface area contributed by atoms with Crippen LogP contribution in [0.5, 0.6) is 11.5 Å². The SMILES string of the molecule is Cc1ccc(CN(CC(=O)NCC2COc3ccccc3O2)S(C)(=O)=O)cc1. The third-order valence-corrected chi connectivity index (χ3v) is 5.56. The van der Waals surface area contributed by atoms with Crippen LogP contribution in [0.1, 0.15) is 11.1 Å². The fourth-order valence-electron chi connectivity index (χ4n) is 2.79. The first-order valence-corrected chi connectivity index (χ1v) is 10.8. The number of carbonyl (C=O) groups is 1. The van der Waals surface area contributed by atoms with Gasteiger partial charge in [-0.15, -0.1) is 0 Å². The summed E-state index contributed by atoms with van der Waals surface area (Å²) in [5, 5.41) is 2.73. The van der Waals surface area contributed by atoms with Gasteiger partial charge in [0.2, 0.25) is 15.9 Å². The Morgan fingerprint density at radius 3 is 2.50 bits per heavy atom. The number of para-hydroxylation sites is 2. The Hall–Kier alpha value is -2.58. The number of carbonyl (C=O) groups excluding carboxylic acids is 1. The van der Waals surface area contributed by atoms with E-state index in [2.05, 4.69) is 5.32 Å². The number of hydrogen-bond donors (Lipinski definition) is 1. The molecule has 8 heteroatoms. The van der Waals surface area contributed by atoms with Gasteiger partial charge in [0.1, 0.15) is 12.7 Å². The molecule has 0 fully saturated rings. The Morgan fingerprint density at radius 1 is 1.14 bits per heavy atom. The minimum atomic E-state index is -3.53. The van der Waals surface area contributed by atoms with Crippen LogP contribution in [-0.2, 0) is 21.4 Å². The van der Waals surface area contributed by atoms with Gasteiger partial charge in [0, 0.05) is 6.54 Å². The second-order valence-electron chi connectivity index (χ2n) is 6.82. The number of nitrogens with one attached hydrogen (secondary N) is 1. The van der Waals surface area contributed by atoms with Crippen molar-refractivity contribution < 1.29 is 22.7 Å². The van der Waals surface area contributed by atoms with Crippen molar-refractivity contribution in [2.24, 2.45) is 0 Å². The molecular formula is C20H24N2O5S. The predicted molar refractivity (Wildman–Crippen MR) is 106 cm³/mol. The van der Waals surface area contributed by atoms with E-state index < -0.39 is 10.0 Å². The number of nitrogens with zero attached hydrogens (tertiary/aromatic N) is 1. The number of amides is 1. The van der Waals surface area contributed by atoms with Crippen molar-refractivity contribution in [2.45, 2.75) is 19.6 Å². The molecule has 1 N–H and O–H groups in total. The molecule has 28 heavy (non-hydrogen) atoms. The van der Waals surface area contributed by atoms with E-state index in [1.54, 1.807) is 6.07 Å². The zero-order valence-electron chi connectivity index (χ0n) is 15.9. The third-order valence-electron chi connectivity index (χ3n) is 4.36. The van der Waals surface area contributed by atoms with E-state index in [1.165, 1.54) is 0 Å². The van der Waals surface area contributed by atoms with Gasteiger partial charge in [0.15, 0.2) is 11.5 Å². The van der Waals surface area contributed by atoms with Gasteiger partial charge in [-0.3, -0.25) is 4.79 Å². The minimum absolute atomic E-state index is 0.142. The summed E-state index contributed by atoms with van der Waals surface area (Å²) in [5.74, 6) is 0.913. The van der Waals surface area contributed by atoms with Crippen LogP contribution in [0.4, 0.5) is 0 Å². The fourth-order valence-corrected chi connectivity index (χ4v) is 3.53. The minimum Gasteiger partial charge on any atom is -0.486 e. The van der Waals surface area contributed by atoms with Crippen LogP contribution in [0, 0.1) is 6.92 Å². The van der Waals surface area contributed by atoms with Crippen LogP contribution < -0.4 is 14.8 Å². The Kier molecular flexibility index (Phi) is 6.21. The van der Waals surface area contributed by atoms with Crippen LogP contribution in [-0.4, -0.2) is 50.7 Å². The van der Waals surface area contributed by atoms with E-state index in [9.17, 15) is 13.2 Å². The zero-order chi connectivity index (χ0) is 20.1. The van der Waals surface area contributed by atoms with Crippen molar-refractivity contribution in [1.29, 1.82) is 0 Å². The molecule has 0 aromatic heterocycles. The maximum atomic E-state index is 12.3. The van der Waals surface area contributed by atoms with Crippen LogP contribution in [0.2, 0.25) is 0 Å². The molecular weight excluding hydrogens is 380 g/mol. The molecule has 1 aliphatic rings. The molecule has 1 aliphatic heterocycles. The monoisotopic (exact) mass is 404 g/mol. The molecule has 0 saturated carbocycles. The quantitative estimate of drug-likeness (QED) is 0.760. The summed E-state index contributed by atoms with van der Waals surface area (Å²) in [7, 11) is -3.53. The summed E-state index contributed by atoms with van der Waals surface area (Å²) in [6.07, 6.45) is 0.770. The molecule has 2 aromatic rings. The number of sulfonamides is 1. The maximum Gasteiger partial charge on any atom is 0.235 e. The largest absolute Gasteiger partial charge is 0.486 e. The van der Waals surface area contributed by atoms with Gasteiger partial charge in [-0.25, -0.2) is 8.42 Å². The highest BCUT2D eigenvalue weighted by molar-refractivity contribution is 7.88. The molecule has 0 saturated heterocycles. The van der Waals surface area contributed by atoms with Gasteiger partial charge in [-0.05, 0) is 24.6 Å². The molecule has 0 radical (unpaired) electrons. The second kappa shape index (κ2) is 8.62. The smallest absolute Gasteiger partial charge is 0.235 e. The molecule has 1 atom stereocenters. The Balaban J connectivity index is 1.55. The highest BCUT2D eigenvalue weighted by Crippen LogP contribution is 2.30. The van der Waals surface area contributed by atoms with Crippen molar-refractivity contribution in [3.8, 4) is 11.5 Å². The van der Waals surface area contributed by atoms with Crippen molar-refractivity contribution in [1.82, 2.24) is 9.62 Å². The Labute approximate surface area is 165 Å². The molecule has 3 rings (SSSR count). The van der Waals surface area contributed by atoms with Crippen LogP contribution in [0.25, 0.3) is 0 Å². The fraction of sp³-hybridized carbons (Fsp3) is 0.350. The number of rotatable bonds is 7. The standard InChI is InChI=1S/C20H24N2O5S/c1-15-7-9-16(10-8-15)12-22(28(2,24)25)13-20(23)21-11-17-14-26-18-5-3-4-6-19(18)27-17/h3-10,17H,11-14H2,1-2H3,(H,21,23). The summed E-state index contributed by atoms with van der Waals surface area (Å²) in [4.78, 5) is 12.3. The Morgan fingerprint density at radius 2 is 1.82 bits per heavy atom.